The normalized spacial score (nSPS) is 22.0. The van der Waals surface area contributed by atoms with Crippen molar-refractivity contribution in [3.05, 3.63) is 35.9 Å². The van der Waals surface area contributed by atoms with E-state index in [1.807, 2.05) is 37.3 Å². The number of esters is 1. The minimum atomic E-state index is -0.0979. The van der Waals surface area contributed by atoms with Gasteiger partial charge in [-0.2, -0.15) is 5.48 Å². The summed E-state index contributed by atoms with van der Waals surface area (Å²) in [5.41, 5.74) is 4.30. The molecule has 0 heterocycles. The van der Waals surface area contributed by atoms with E-state index < -0.39 is 0 Å². The molecule has 1 aliphatic rings. The van der Waals surface area contributed by atoms with Gasteiger partial charge in [-0.3, -0.25) is 9.63 Å². The highest BCUT2D eigenvalue weighted by atomic mass is 16.6. The monoisotopic (exact) mass is 291 g/mol. The number of nitrogens with one attached hydrogen (secondary N) is 1. The standard InChI is InChI=1S/C17H25NO3/c1-2-20-17(19)12-15-10-6-7-11-16(15)18-21-13-14-8-4-3-5-9-14/h3-5,8-9,15-16,18H,2,6-7,10-13H2,1H3. The first-order valence-electron chi connectivity index (χ1n) is 7.86. The average Bonchev–Trinajstić information content (AvgIpc) is 2.50. The van der Waals surface area contributed by atoms with Crippen LogP contribution in [0.15, 0.2) is 30.3 Å². The van der Waals surface area contributed by atoms with Gasteiger partial charge >= 0.3 is 5.97 Å². The lowest BCUT2D eigenvalue weighted by atomic mass is 9.83. The molecule has 1 fully saturated rings. The van der Waals surface area contributed by atoms with Crippen LogP contribution < -0.4 is 5.48 Å². The van der Waals surface area contributed by atoms with Crippen molar-refractivity contribution in [3.63, 3.8) is 0 Å². The summed E-state index contributed by atoms with van der Waals surface area (Å²) >= 11 is 0. The maximum Gasteiger partial charge on any atom is 0.306 e. The molecule has 1 N–H and O–H groups in total. The summed E-state index contributed by atoms with van der Waals surface area (Å²) in [5, 5.41) is 0. The summed E-state index contributed by atoms with van der Waals surface area (Å²) < 4.78 is 5.06. The Morgan fingerprint density at radius 2 is 2.00 bits per heavy atom. The van der Waals surface area contributed by atoms with Crippen molar-refractivity contribution in [1.82, 2.24) is 5.48 Å². The molecule has 1 aliphatic carbocycles. The van der Waals surface area contributed by atoms with Gasteiger partial charge in [0.25, 0.3) is 0 Å². The number of ether oxygens (including phenoxy) is 1. The van der Waals surface area contributed by atoms with Crippen LogP contribution in [-0.2, 0) is 21.0 Å². The van der Waals surface area contributed by atoms with Crippen LogP contribution in [-0.4, -0.2) is 18.6 Å². The Bertz CT molecular complexity index is 421. The number of rotatable bonds is 7. The molecule has 2 rings (SSSR count). The summed E-state index contributed by atoms with van der Waals surface area (Å²) in [5.74, 6) is 0.216. The van der Waals surface area contributed by atoms with E-state index in [1.54, 1.807) is 0 Å². The Balaban J connectivity index is 1.77. The lowest BCUT2D eigenvalue weighted by Crippen LogP contribution is -2.39. The second-order valence-electron chi connectivity index (χ2n) is 5.55. The Labute approximate surface area is 126 Å². The number of benzene rings is 1. The molecule has 21 heavy (non-hydrogen) atoms. The fourth-order valence-electron chi connectivity index (χ4n) is 2.85. The molecule has 0 saturated heterocycles. The molecule has 0 radical (unpaired) electrons. The van der Waals surface area contributed by atoms with Crippen LogP contribution >= 0.6 is 0 Å². The minimum Gasteiger partial charge on any atom is -0.466 e. The molecular formula is C17H25NO3. The molecule has 1 saturated carbocycles. The molecule has 116 valence electrons. The van der Waals surface area contributed by atoms with Gasteiger partial charge in [-0.15, -0.1) is 0 Å². The van der Waals surface area contributed by atoms with E-state index in [0.717, 1.165) is 18.4 Å². The molecule has 1 aromatic rings. The van der Waals surface area contributed by atoms with Crippen LogP contribution in [0, 0.1) is 5.92 Å². The van der Waals surface area contributed by atoms with Crippen LogP contribution in [0.25, 0.3) is 0 Å². The maximum absolute atomic E-state index is 11.7. The second kappa shape index (κ2) is 8.80. The molecule has 0 aromatic heterocycles. The van der Waals surface area contributed by atoms with Gasteiger partial charge < -0.3 is 4.74 Å². The van der Waals surface area contributed by atoms with Gasteiger partial charge in [0.2, 0.25) is 0 Å². The highest BCUT2D eigenvalue weighted by molar-refractivity contribution is 5.69. The number of carbonyl (C=O) groups is 1. The Hall–Kier alpha value is -1.39. The first kappa shape index (κ1) is 16.0. The Kier molecular flexibility index (Phi) is 6.70. The largest absolute Gasteiger partial charge is 0.466 e. The maximum atomic E-state index is 11.7. The third-order valence-electron chi connectivity index (χ3n) is 3.96. The summed E-state index contributed by atoms with van der Waals surface area (Å²) in [7, 11) is 0. The van der Waals surface area contributed by atoms with Gasteiger partial charge in [0.1, 0.15) is 0 Å². The minimum absolute atomic E-state index is 0.0979. The van der Waals surface area contributed by atoms with E-state index in [0.29, 0.717) is 25.6 Å². The third-order valence-corrected chi connectivity index (χ3v) is 3.96. The van der Waals surface area contributed by atoms with Crippen LogP contribution in [0.2, 0.25) is 0 Å². The molecule has 0 spiro atoms. The first-order chi connectivity index (χ1) is 10.3. The van der Waals surface area contributed by atoms with E-state index in [1.165, 1.54) is 12.8 Å². The van der Waals surface area contributed by atoms with E-state index >= 15 is 0 Å². The van der Waals surface area contributed by atoms with Crippen molar-refractivity contribution in [2.45, 2.75) is 51.7 Å². The van der Waals surface area contributed by atoms with Gasteiger partial charge in [-0.25, -0.2) is 0 Å². The van der Waals surface area contributed by atoms with Gasteiger partial charge in [0.05, 0.1) is 13.2 Å². The highest BCUT2D eigenvalue weighted by Gasteiger charge is 2.27. The Morgan fingerprint density at radius 3 is 2.76 bits per heavy atom. The van der Waals surface area contributed by atoms with Crippen molar-refractivity contribution in [1.29, 1.82) is 0 Å². The van der Waals surface area contributed by atoms with E-state index in [-0.39, 0.29) is 12.0 Å². The molecule has 4 nitrogen and oxygen atoms in total. The molecule has 2 unspecified atom stereocenters. The fourth-order valence-corrected chi connectivity index (χ4v) is 2.85. The van der Waals surface area contributed by atoms with Crippen molar-refractivity contribution < 1.29 is 14.4 Å². The van der Waals surface area contributed by atoms with Crippen molar-refractivity contribution in [3.8, 4) is 0 Å². The third kappa shape index (κ3) is 5.48. The van der Waals surface area contributed by atoms with Gasteiger partial charge in [0, 0.05) is 12.5 Å². The highest BCUT2D eigenvalue weighted by Crippen LogP contribution is 2.27. The number of hydroxylamine groups is 1. The first-order valence-corrected chi connectivity index (χ1v) is 7.86. The summed E-state index contributed by atoms with van der Waals surface area (Å²) in [6, 6.07) is 10.3. The second-order valence-corrected chi connectivity index (χ2v) is 5.55. The molecule has 4 heteroatoms. The molecule has 2 atom stereocenters. The topological polar surface area (TPSA) is 47.6 Å². The molecule has 1 aromatic carbocycles. The van der Waals surface area contributed by atoms with Crippen LogP contribution in [0.1, 0.15) is 44.6 Å². The zero-order valence-electron chi connectivity index (χ0n) is 12.7. The summed E-state index contributed by atoms with van der Waals surface area (Å²) in [6.45, 7) is 2.84. The van der Waals surface area contributed by atoms with E-state index in [2.05, 4.69) is 5.48 Å². The van der Waals surface area contributed by atoms with Crippen molar-refractivity contribution in [2.75, 3.05) is 6.61 Å². The zero-order valence-corrected chi connectivity index (χ0v) is 12.7. The lowest BCUT2D eigenvalue weighted by Gasteiger charge is -2.31. The summed E-state index contributed by atoms with van der Waals surface area (Å²) in [4.78, 5) is 17.3. The number of hydrogen-bond acceptors (Lipinski definition) is 4. The van der Waals surface area contributed by atoms with Gasteiger partial charge in [-0.05, 0) is 31.2 Å². The number of carbonyl (C=O) groups excluding carboxylic acids is 1. The van der Waals surface area contributed by atoms with Crippen LogP contribution in [0.4, 0.5) is 0 Å². The molecule has 0 amide bonds. The van der Waals surface area contributed by atoms with Crippen molar-refractivity contribution in [2.24, 2.45) is 5.92 Å². The smallest absolute Gasteiger partial charge is 0.306 e. The molecule has 0 aliphatic heterocycles. The van der Waals surface area contributed by atoms with Gasteiger partial charge in [-0.1, -0.05) is 43.2 Å². The molecular weight excluding hydrogens is 266 g/mol. The van der Waals surface area contributed by atoms with Crippen molar-refractivity contribution >= 4 is 5.97 Å². The predicted molar refractivity (Wildman–Crippen MR) is 81.4 cm³/mol. The molecule has 0 bridgehead atoms. The quantitative estimate of drug-likeness (QED) is 0.619. The zero-order chi connectivity index (χ0) is 14.9. The average molecular weight is 291 g/mol. The van der Waals surface area contributed by atoms with E-state index in [9.17, 15) is 4.79 Å². The Morgan fingerprint density at radius 1 is 1.24 bits per heavy atom. The fraction of sp³-hybridized carbons (Fsp3) is 0.588. The van der Waals surface area contributed by atoms with Crippen LogP contribution in [0.5, 0.6) is 0 Å². The van der Waals surface area contributed by atoms with Crippen LogP contribution in [0.3, 0.4) is 0 Å². The number of hydrogen-bond donors (Lipinski definition) is 1. The predicted octanol–water partition coefficient (Wildman–Crippen LogP) is 3.22. The van der Waals surface area contributed by atoms with E-state index in [4.69, 9.17) is 9.57 Å². The SMILES string of the molecule is CCOC(=O)CC1CCCCC1NOCc1ccccc1. The lowest BCUT2D eigenvalue weighted by molar-refractivity contribution is -0.145. The van der Waals surface area contributed by atoms with Gasteiger partial charge in [0.15, 0.2) is 0 Å². The summed E-state index contributed by atoms with van der Waals surface area (Å²) in [6.07, 6.45) is 4.97.